The van der Waals surface area contributed by atoms with Crippen molar-refractivity contribution >= 4 is 41.4 Å². The molecule has 0 bridgehead atoms. The summed E-state index contributed by atoms with van der Waals surface area (Å²) >= 11 is 0. The summed E-state index contributed by atoms with van der Waals surface area (Å²) in [6.07, 6.45) is 8.79. The topological polar surface area (TPSA) is 281 Å². The van der Waals surface area contributed by atoms with Crippen molar-refractivity contribution in [2.45, 2.75) is 116 Å². The molecule has 0 spiro atoms. The first-order chi connectivity index (χ1) is 27.9. The van der Waals surface area contributed by atoms with Crippen molar-refractivity contribution in [1.29, 1.82) is 0 Å². The van der Waals surface area contributed by atoms with Gasteiger partial charge in [-0.2, -0.15) is 0 Å². The van der Waals surface area contributed by atoms with Crippen LogP contribution in [0.15, 0.2) is 0 Å². The van der Waals surface area contributed by atoms with E-state index in [2.05, 4.69) is 38.8 Å². The minimum atomic E-state index is -0.649. The van der Waals surface area contributed by atoms with E-state index >= 15 is 0 Å². The largest absolute Gasteiger partial charge is 0.377 e. The number of unbranched alkanes of at least 4 members (excludes halogenated alkanes) is 4. The molecule has 0 aromatic heterocycles. The highest BCUT2D eigenvalue weighted by Gasteiger charge is 2.20. The Hall–Kier alpha value is -3.91. The Morgan fingerprint density at radius 1 is 0.500 bits per heavy atom. The summed E-state index contributed by atoms with van der Waals surface area (Å²) in [6, 6.07) is -1.05. The van der Waals surface area contributed by atoms with Gasteiger partial charge in [0.2, 0.25) is 41.4 Å². The second-order valence-corrected chi connectivity index (χ2v) is 13.9. The van der Waals surface area contributed by atoms with Gasteiger partial charge in [0.05, 0.1) is 45.7 Å². The number of likely N-dealkylation sites (N-methyl/N-ethyl adjacent to an activating group) is 1. The third-order valence-electron chi connectivity index (χ3n) is 9.01. The number of hydrogen-bond acceptors (Lipinski definition) is 12. The molecule has 0 aliphatic carbocycles. The molecule has 0 fully saturated rings. The molecule has 19 nitrogen and oxygen atoms in total. The summed E-state index contributed by atoms with van der Waals surface area (Å²) in [5.74, 6) is -2.10. The second-order valence-electron chi connectivity index (χ2n) is 13.9. The third kappa shape index (κ3) is 32.1. The third-order valence-corrected chi connectivity index (χ3v) is 9.01. The molecule has 0 heterocycles. The summed E-state index contributed by atoms with van der Waals surface area (Å²) in [5.41, 5.74) is 10.7. The van der Waals surface area contributed by atoms with Crippen LogP contribution in [-0.2, 0) is 52.5 Å². The smallest absolute Gasteiger partial charge is 0.246 e. The number of carbonyl (C=O) groups is 7. The fourth-order valence-electron chi connectivity index (χ4n) is 5.56. The first-order valence-corrected chi connectivity index (χ1v) is 20.9. The maximum absolute atomic E-state index is 12.8. The van der Waals surface area contributed by atoms with E-state index in [0.717, 1.165) is 32.1 Å². The monoisotopic (exact) mass is 831 g/mol. The van der Waals surface area contributed by atoms with Gasteiger partial charge in [0.1, 0.15) is 19.3 Å². The molecule has 19 heteroatoms. The number of nitrogens with two attached hydrogens (primary N) is 2. The van der Waals surface area contributed by atoms with E-state index in [0.29, 0.717) is 58.0 Å². The van der Waals surface area contributed by atoms with Gasteiger partial charge >= 0.3 is 0 Å². The Morgan fingerprint density at radius 3 is 1.55 bits per heavy atom. The van der Waals surface area contributed by atoms with E-state index in [1.54, 1.807) is 7.05 Å². The fourth-order valence-corrected chi connectivity index (χ4v) is 5.56. The van der Waals surface area contributed by atoms with Gasteiger partial charge in [-0.15, -0.1) is 0 Å². The van der Waals surface area contributed by atoms with Crippen molar-refractivity contribution in [2.75, 3.05) is 86.1 Å². The molecule has 0 aromatic rings. The Morgan fingerprint density at radius 2 is 1.00 bits per heavy atom. The van der Waals surface area contributed by atoms with Crippen LogP contribution in [0.2, 0.25) is 0 Å². The highest BCUT2D eigenvalue weighted by atomic mass is 16.5. The van der Waals surface area contributed by atoms with Crippen LogP contribution >= 0.6 is 0 Å². The average Bonchev–Trinajstić information content (AvgIpc) is 3.18. The van der Waals surface area contributed by atoms with Gasteiger partial charge in [-0.25, -0.2) is 0 Å². The molecule has 0 radical (unpaired) electrons. The molecule has 7 amide bonds. The lowest BCUT2D eigenvalue weighted by Crippen LogP contribution is -2.47. The molecule has 10 N–H and O–H groups in total. The van der Waals surface area contributed by atoms with E-state index < -0.39 is 18.0 Å². The zero-order chi connectivity index (χ0) is 43.2. The van der Waals surface area contributed by atoms with Crippen molar-refractivity contribution in [3.05, 3.63) is 0 Å². The molecule has 0 saturated carbocycles. The van der Waals surface area contributed by atoms with Crippen LogP contribution in [0.5, 0.6) is 0 Å². The van der Waals surface area contributed by atoms with Crippen LogP contribution in [0, 0.1) is 5.92 Å². The molecule has 0 aromatic carbocycles. The highest BCUT2D eigenvalue weighted by Crippen LogP contribution is 2.11. The van der Waals surface area contributed by atoms with Crippen LogP contribution in [0.25, 0.3) is 0 Å². The lowest BCUT2D eigenvalue weighted by atomic mass is 9.99. The van der Waals surface area contributed by atoms with Gasteiger partial charge in [-0.3, -0.25) is 33.6 Å². The minimum Gasteiger partial charge on any atom is -0.377 e. The number of amides is 7. The molecule has 58 heavy (non-hydrogen) atoms. The lowest BCUT2D eigenvalue weighted by Gasteiger charge is -2.19. The van der Waals surface area contributed by atoms with E-state index in [1.807, 2.05) is 6.92 Å². The van der Waals surface area contributed by atoms with Gasteiger partial charge in [-0.1, -0.05) is 39.5 Å². The number of nitrogens with one attached hydrogen (secondary N) is 6. The standard InChI is InChI=1S/C39H74N8O11/c1-4-6-7-15-32(39(54)46-19-11-9-14-31(42-3)38(41)53)47-34(49)17-12-16-33(48)44-20-22-55-24-27-58-29-36(51)45-21-23-56-25-26-57-28-35(50)43-18-10-8-13-30(5-2)37(40)52/h30-32,42H,4-29H2,1-3H3,(H2,40,52)(H2,41,53)(H,43,50)(H,44,48)(H,45,51)(H,46,54)(H,47,49)/t30-,31-,32-/m0/s1. The minimum absolute atomic E-state index is 0.0786. The Kier molecular flexibility index (Phi) is 34.8. The van der Waals surface area contributed by atoms with E-state index in [-0.39, 0.29) is 120 Å². The zero-order valence-corrected chi connectivity index (χ0v) is 35.3. The van der Waals surface area contributed by atoms with Crippen LogP contribution < -0.4 is 43.4 Å². The van der Waals surface area contributed by atoms with Gasteiger partial charge in [0.25, 0.3) is 0 Å². The van der Waals surface area contributed by atoms with Gasteiger partial charge < -0.3 is 62.3 Å². The van der Waals surface area contributed by atoms with Gasteiger partial charge in [0, 0.05) is 44.9 Å². The normalized spacial score (nSPS) is 12.5. The zero-order valence-electron chi connectivity index (χ0n) is 35.3. The summed E-state index contributed by atoms with van der Waals surface area (Å²) < 4.78 is 21.4. The lowest BCUT2D eigenvalue weighted by molar-refractivity contribution is -0.129. The van der Waals surface area contributed by atoms with Crippen molar-refractivity contribution in [1.82, 2.24) is 31.9 Å². The van der Waals surface area contributed by atoms with E-state index in [4.69, 9.17) is 30.4 Å². The predicted molar refractivity (Wildman–Crippen MR) is 218 cm³/mol. The quantitative estimate of drug-likeness (QED) is 0.0369. The van der Waals surface area contributed by atoms with Gasteiger partial charge in [-0.05, 0) is 58.4 Å². The summed E-state index contributed by atoms with van der Waals surface area (Å²) in [5, 5.41) is 16.7. The van der Waals surface area contributed by atoms with Crippen molar-refractivity contribution < 1.29 is 52.5 Å². The highest BCUT2D eigenvalue weighted by molar-refractivity contribution is 5.87. The van der Waals surface area contributed by atoms with E-state index in [1.165, 1.54) is 0 Å². The Balaban J connectivity index is 3.84. The molecule has 0 aliphatic heterocycles. The predicted octanol–water partition coefficient (Wildman–Crippen LogP) is -0.322. The van der Waals surface area contributed by atoms with Crippen LogP contribution in [0.1, 0.15) is 104 Å². The summed E-state index contributed by atoms with van der Waals surface area (Å²) in [4.78, 5) is 83.9. The maximum Gasteiger partial charge on any atom is 0.246 e. The maximum atomic E-state index is 12.8. The van der Waals surface area contributed by atoms with Crippen molar-refractivity contribution in [2.24, 2.45) is 17.4 Å². The van der Waals surface area contributed by atoms with Crippen LogP contribution in [0.4, 0.5) is 0 Å². The molecular weight excluding hydrogens is 756 g/mol. The molecule has 336 valence electrons. The fraction of sp³-hybridized carbons (Fsp3) is 0.821. The number of rotatable bonds is 40. The summed E-state index contributed by atoms with van der Waals surface area (Å²) in [7, 11) is 1.68. The Labute approximate surface area is 344 Å². The molecule has 0 unspecified atom stereocenters. The first-order valence-electron chi connectivity index (χ1n) is 20.9. The first kappa shape index (κ1) is 54.1. The number of carbonyl (C=O) groups excluding carboxylic acids is 7. The number of ether oxygens (including phenoxy) is 4. The molecule has 0 aliphatic rings. The Bertz CT molecular complexity index is 1160. The number of hydrogen-bond donors (Lipinski definition) is 8. The molecule has 3 atom stereocenters. The molecular formula is C39H74N8O11. The van der Waals surface area contributed by atoms with Gasteiger partial charge in [0.15, 0.2) is 0 Å². The van der Waals surface area contributed by atoms with Crippen LogP contribution in [-0.4, -0.2) is 140 Å². The number of primary amides is 2. The van der Waals surface area contributed by atoms with Crippen molar-refractivity contribution in [3.8, 4) is 0 Å². The average molecular weight is 831 g/mol. The van der Waals surface area contributed by atoms with Crippen LogP contribution in [0.3, 0.4) is 0 Å². The summed E-state index contributed by atoms with van der Waals surface area (Å²) in [6.45, 7) is 6.72. The van der Waals surface area contributed by atoms with Crippen molar-refractivity contribution in [3.63, 3.8) is 0 Å². The SMILES string of the molecule is CCCCC[C@H](NC(=O)CCCC(=O)NCCOCCOCC(=O)NCCOCCOCC(=O)NCCCC[C@H](CC)C(N)=O)C(=O)NCCCC[C@H](NC)C(N)=O. The second kappa shape index (κ2) is 37.4. The molecule has 0 rings (SSSR count). The molecule has 0 saturated heterocycles. The van der Waals surface area contributed by atoms with E-state index in [9.17, 15) is 33.6 Å².